The fourth-order valence-electron chi connectivity index (χ4n) is 3.05. The predicted octanol–water partition coefficient (Wildman–Crippen LogP) is 5.65. The second-order valence-corrected chi connectivity index (χ2v) is 9.72. The standard InChI is InChI=1S/C13H11N3O3S.C13H15N3OS/c1-9(17)14-13-15-11(8-20-13)5-2-10-3-6-12(7-4-10)16(18)19;1-9(17)15-13-16-12(8-18-13)7-4-10-2-5-11(14)6-3-10/h2-8H,1H3,(H,14,15,17);2-3,5-6,8H,4,7,14H2,1H3,(H,15,16,17)/b5-2-;. The second-order valence-electron chi connectivity index (χ2n) is 8.01. The lowest BCUT2D eigenvalue weighted by Crippen LogP contribution is -2.05. The number of carbonyl (C=O) groups excluding carboxylic acids is 2. The van der Waals surface area contributed by atoms with Crippen LogP contribution in [0.3, 0.4) is 0 Å². The molecule has 0 unspecified atom stereocenters. The predicted molar refractivity (Wildman–Crippen MR) is 153 cm³/mol. The zero-order valence-corrected chi connectivity index (χ0v) is 22.3. The summed E-state index contributed by atoms with van der Waals surface area (Å²) in [5, 5.41) is 20.8. The molecular weight excluding hydrogens is 524 g/mol. The number of hydrogen-bond donors (Lipinski definition) is 3. The number of hydrogen-bond acceptors (Lipinski definition) is 9. The summed E-state index contributed by atoms with van der Waals surface area (Å²) in [6, 6.07) is 14.1. The third-order valence-corrected chi connectivity index (χ3v) is 6.42. The Labute approximate surface area is 227 Å². The van der Waals surface area contributed by atoms with Crippen LogP contribution in [-0.2, 0) is 22.4 Å². The van der Waals surface area contributed by atoms with Crippen LogP contribution in [0.15, 0.2) is 59.3 Å². The average Bonchev–Trinajstić information content (AvgIpc) is 3.51. The van der Waals surface area contributed by atoms with Crippen LogP contribution < -0.4 is 16.4 Å². The Morgan fingerprint density at radius 2 is 1.50 bits per heavy atom. The molecule has 38 heavy (non-hydrogen) atoms. The Morgan fingerprint density at radius 3 is 2.11 bits per heavy atom. The number of nitro benzene ring substituents is 1. The number of aryl methyl sites for hydroxylation is 2. The van der Waals surface area contributed by atoms with Gasteiger partial charge in [0.25, 0.3) is 5.69 Å². The topological polar surface area (TPSA) is 153 Å². The van der Waals surface area contributed by atoms with Gasteiger partial charge in [0.15, 0.2) is 10.3 Å². The SMILES string of the molecule is CC(=O)Nc1nc(/C=C\c2ccc([N+](=O)[O-])cc2)cs1.CC(=O)Nc1nc(CCc2ccc(N)cc2)cs1. The fourth-order valence-corrected chi connectivity index (χ4v) is 4.56. The third kappa shape index (κ3) is 9.56. The van der Waals surface area contributed by atoms with Gasteiger partial charge in [0.1, 0.15) is 0 Å². The third-order valence-electron chi connectivity index (χ3n) is 4.84. The Hall–Kier alpha value is -4.42. The van der Waals surface area contributed by atoms with Gasteiger partial charge in [0, 0.05) is 42.4 Å². The summed E-state index contributed by atoms with van der Waals surface area (Å²) in [5.74, 6) is -0.250. The van der Waals surface area contributed by atoms with Gasteiger partial charge in [-0.3, -0.25) is 19.7 Å². The number of nitrogens with two attached hydrogens (primary N) is 1. The van der Waals surface area contributed by atoms with Crippen LogP contribution in [0.5, 0.6) is 0 Å². The minimum atomic E-state index is -0.437. The summed E-state index contributed by atoms with van der Waals surface area (Å²) in [7, 11) is 0. The van der Waals surface area contributed by atoms with Crippen molar-refractivity contribution in [2.24, 2.45) is 0 Å². The lowest BCUT2D eigenvalue weighted by Gasteiger charge is -2.00. The summed E-state index contributed by atoms with van der Waals surface area (Å²) in [6.07, 6.45) is 5.36. The molecule has 10 nitrogen and oxygen atoms in total. The van der Waals surface area contributed by atoms with E-state index in [0.29, 0.717) is 10.3 Å². The number of nitro groups is 1. The number of rotatable bonds is 8. The minimum Gasteiger partial charge on any atom is -0.399 e. The number of nitrogens with zero attached hydrogens (tertiary/aromatic N) is 3. The van der Waals surface area contributed by atoms with E-state index in [1.54, 1.807) is 24.3 Å². The van der Waals surface area contributed by atoms with Crippen LogP contribution in [0, 0.1) is 10.1 Å². The van der Waals surface area contributed by atoms with Crippen molar-refractivity contribution in [2.75, 3.05) is 16.4 Å². The largest absolute Gasteiger partial charge is 0.399 e. The molecule has 12 heteroatoms. The summed E-state index contributed by atoms with van der Waals surface area (Å²) in [6.45, 7) is 2.91. The maximum Gasteiger partial charge on any atom is 0.269 e. The zero-order valence-electron chi connectivity index (χ0n) is 20.7. The molecular formula is C26H26N6O4S2. The first-order chi connectivity index (χ1) is 18.2. The summed E-state index contributed by atoms with van der Waals surface area (Å²) < 4.78 is 0. The van der Waals surface area contributed by atoms with Crippen LogP contribution in [0.2, 0.25) is 0 Å². The van der Waals surface area contributed by atoms with E-state index in [1.165, 1.54) is 54.2 Å². The van der Waals surface area contributed by atoms with Crippen molar-refractivity contribution >= 4 is 68.3 Å². The second kappa shape index (κ2) is 13.8. The van der Waals surface area contributed by atoms with E-state index in [2.05, 4.69) is 20.6 Å². The first kappa shape index (κ1) is 28.2. The lowest BCUT2D eigenvalue weighted by atomic mass is 10.1. The monoisotopic (exact) mass is 550 g/mol. The maximum absolute atomic E-state index is 10.9. The molecule has 2 heterocycles. The minimum absolute atomic E-state index is 0.0590. The molecule has 0 bridgehead atoms. The van der Waals surface area contributed by atoms with Gasteiger partial charge in [-0.1, -0.05) is 18.2 Å². The fraction of sp³-hybridized carbons (Fsp3) is 0.154. The van der Waals surface area contributed by atoms with Gasteiger partial charge in [0.05, 0.1) is 16.3 Å². The van der Waals surface area contributed by atoms with E-state index in [9.17, 15) is 19.7 Å². The van der Waals surface area contributed by atoms with Crippen molar-refractivity contribution in [3.63, 3.8) is 0 Å². The van der Waals surface area contributed by atoms with E-state index in [0.717, 1.165) is 35.5 Å². The van der Waals surface area contributed by atoms with Crippen molar-refractivity contribution in [2.45, 2.75) is 26.7 Å². The number of aromatic nitrogens is 2. The average molecular weight is 551 g/mol. The number of anilines is 3. The van der Waals surface area contributed by atoms with Crippen LogP contribution in [0.1, 0.15) is 36.4 Å². The van der Waals surface area contributed by atoms with E-state index >= 15 is 0 Å². The number of nitrogens with one attached hydrogen (secondary N) is 2. The molecule has 0 saturated heterocycles. The van der Waals surface area contributed by atoms with Crippen LogP contribution in [0.4, 0.5) is 21.6 Å². The number of carbonyl (C=O) groups is 2. The molecule has 2 aromatic heterocycles. The molecule has 0 atom stereocenters. The molecule has 4 N–H and O–H groups in total. The first-order valence-corrected chi connectivity index (χ1v) is 13.2. The maximum atomic E-state index is 10.9. The van der Waals surface area contributed by atoms with Crippen LogP contribution in [0.25, 0.3) is 12.2 Å². The molecule has 4 rings (SSSR count). The highest BCUT2D eigenvalue weighted by Gasteiger charge is 2.05. The number of benzene rings is 2. The van der Waals surface area contributed by atoms with E-state index in [-0.39, 0.29) is 17.5 Å². The molecule has 0 aliphatic heterocycles. The summed E-state index contributed by atoms with van der Waals surface area (Å²) in [5.41, 5.74) is 10.3. The molecule has 2 amide bonds. The Morgan fingerprint density at radius 1 is 0.895 bits per heavy atom. The molecule has 0 fully saturated rings. The van der Waals surface area contributed by atoms with Crippen molar-refractivity contribution in [1.82, 2.24) is 9.97 Å². The zero-order chi connectivity index (χ0) is 27.5. The number of thiazole rings is 2. The molecule has 2 aromatic carbocycles. The normalized spacial score (nSPS) is 10.5. The Bertz CT molecular complexity index is 1410. The summed E-state index contributed by atoms with van der Waals surface area (Å²) >= 11 is 2.79. The lowest BCUT2D eigenvalue weighted by molar-refractivity contribution is -0.384. The van der Waals surface area contributed by atoms with Gasteiger partial charge in [-0.15, -0.1) is 22.7 Å². The molecule has 0 aliphatic rings. The highest BCUT2D eigenvalue weighted by Crippen LogP contribution is 2.19. The molecule has 0 aliphatic carbocycles. The highest BCUT2D eigenvalue weighted by atomic mass is 32.1. The molecule has 196 valence electrons. The van der Waals surface area contributed by atoms with Crippen molar-refractivity contribution in [3.05, 3.63) is 91.9 Å². The van der Waals surface area contributed by atoms with Gasteiger partial charge in [-0.05, 0) is 54.3 Å². The summed E-state index contributed by atoms with van der Waals surface area (Å²) in [4.78, 5) is 40.4. The van der Waals surface area contributed by atoms with Gasteiger partial charge >= 0.3 is 0 Å². The molecule has 4 aromatic rings. The number of non-ortho nitro benzene ring substituents is 1. The van der Waals surface area contributed by atoms with E-state index < -0.39 is 4.92 Å². The van der Waals surface area contributed by atoms with E-state index in [4.69, 9.17) is 5.73 Å². The van der Waals surface area contributed by atoms with E-state index in [1.807, 2.05) is 35.0 Å². The first-order valence-electron chi connectivity index (χ1n) is 11.4. The van der Waals surface area contributed by atoms with Crippen LogP contribution >= 0.6 is 22.7 Å². The van der Waals surface area contributed by atoms with Gasteiger partial charge in [-0.25, -0.2) is 9.97 Å². The van der Waals surface area contributed by atoms with Crippen molar-refractivity contribution in [1.29, 1.82) is 0 Å². The quantitative estimate of drug-likeness (QED) is 0.146. The van der Waals surface area contributed by atoms with Gasteiger partial charge < -0.3 is 16.4 Å². The van der Waals surface area contributed by atoms with Crippen molar-refractivity contribution < 1.29 is 14.5 Å². The number of nitrogen functional groups attached to an aromatic ring is 1. The number of amides is 2. The highest BCUT2D eigenvalue weighted by molar-refractivity contribution is 7.14. The Balaban J connectivity index is 0.000000212. The van der Waals surface area contributed by atoms with Crippen molar-refractivity contribution in [3.8, 4) is 0 Å². The molecule has 0 saturated carbocycles. The Kier molecular flexibility index (Phi) is 10.2. The molecule has 0 radical (unpaired) electrons. The van der Waals surface area contributed by atoms with Gasteiger partial charge in [0.2, 0.25) is 11.8 Å². The molecule has 0 spiro atoms. The van der Waals surface area contributed by atoms with Crippen LogP contribution in [-0.4, -0.2) is 26.7 Å². The van der Waals surface area contributed by atoms with Gasteiger partial charge in [-0.2, -0.15) is 0 Å². The smallest absolute Gasteiger partial charge is 0.269 e.